The van der Waals surface area contributed by atoms with Gasteiger partial charge in [0.05, 0.1) is 17.6 Å². The minimum Gasteiger partial charge on any atom is -0.387 e. The molecule has 0 spiro atoms. The molecule has 1 aromatic carbocycles. The van der Waals surface area contributed by atoms with Crippen molar-refractivity contribution in [1.82, 2.24) is 5.32 Å². The highest BCUT2D eigenvalue weighted by Crippen LogP contribution is 2.16. The van der Waals surface area contributed by atoms with Crippen molar-refractivity contribution >= 4 is 5.69 Å². The molecule has 5 nitrogen and oxygen atoms in total. The number of nitrogens with one attached hydrogen (secondary N) is 1. The third kappa shape index (κ3) is 4.23. The molecule has 5 heteroatoms. The Morgan fingerprint density at radius 2 is 2.12 bits per heavy atom. The van der Waals surface area contributed by atoms with E-state index in [1.807, 2.05) is 0 Å². The van der Waals surface area contributed by atoms with Gasteiger partial charge in [0.1, 0.15) is 0 Å². The average Bonchev–Trinajstić information content (AvgIpc) is 2.34. The van der Waals surface area contributed by atoms with Crippen molar-refractivity contribution in [1.29, 1.82) is 0 Å². The van der Waals surface area contributed by atoms with Gasteiger partial charge in [-0.1, -0.05) is 5.92 Å². The molecule has 0 aliphatic rings. The number of hydrogen-bond acceptors (Lipinski definition) is 4. The number of hydrogen-bond donors (Lipinski definition) is 2. The van der Waals surface area contributed by atoms with Crippen molar-refractivity contribution in [2.75, 3.05) is 13.1 Å². The second-order valence-electron chi connectivity index (χ2n) is 3.42. The van der Waals surface area contributed by atoms with Crippen molar-refractivity contribution < 1.29 is 10.0 Å². The van der Waals surface area contributed by atoms with E-state index in [0.29, 0.717) is 18.7 Å². The minimum absolute atomic E-state index is 0.0192. The Balaban J connectivity index is 2.53. The van der Waals surface area contributed by atoms with Crippen LogP contribution in [0, 0.1) is 22.0 Å². The summed E-state index contributed by atoms with van der Waals surface area (Å²) in [5.74, 6) is 5.55. The van der Waals surface area contributed by atoms with Crippen LogP contribution in [0.5, 0.6) is 0 Å². The predicted molar refractivity (Wildman–Crippen MR) is 64.4 cm³/mol. The first-order valence-corrected chi connectivity index (χ1v) is 5.18. The van der Waals surface area contributed by atoms with Crippen LogP contribution < -0.4 is 5.32 Å². The van der Waals surface area contributed by atoms with E-state index in [1.165, 1.54) is 12.1 Å². The monoisotopic (exact) mass is 234 g/mol. The smallest absolute Gasteiger partial charge is 0.269 e. The first-order valence-electron chi connectivity index (χ1n) is 5.18. The van der Waals surface area contributed by atoms with E-state index in [-0.39, 0.29) is 5.69 Å². The largest absolute Gasteiger partial charge is 0.387 e. The summed E-state index contributed by atoms with van der Waals surface area (Å²) in [6.07, 6.45) is -0.686. The molecule has 1 aromatic rings. The van der Waals surface area contributed by atoms with Gasteiger partial charge in [-0.3, -0.25) is 10.1 Å². The maximum absolute atomic E-state index is 10.4. The molecule has 0 fully saturated rings. The van der Waals surface area contributed by atoms with E-state index in [1.54, 1.807) is 19.1 Å². The molecule has 17 heavy (non-hydrogen) atoms. The second kappa shape index (κ2) is 6.63. The summed E-state index contributed by atoms with van der Waals surface area (Å²) in [6, 6.07) is 5.86. The first kappa shape index (κ1) is 13.2. The summed E-state index contributed by atoms with van der Waals surface area (Å²) in [7, 11) is 0. The zero-order valence-electron chi connectivity index (χ0n) is 9.51. The van der Waals surface area contributed by atoms with Gasteiger partial charge >= 0.3 is 0 Å². The van der Waals surface area contributed by atoms with Gasteiger partial charge in [-0.25, -0.2) is 0 Å². The molecule has 0 aliphatic carbocycles. The highest BCUT2D eigenvalue weighted by molar-refractivity contribution is 5.33. The van der Waals surface area contributed by atoms with E-state index >= 15 is 0 Å². The van der Waals surface area contributed by atoms with Crippen LogP contribution in [0.2, 0.25) is 0 Å². The average molecular weight is 234 g/mol. The lowest BCUT2D eigenvalue weighted by Gasteiger charge is -2.10. The Bertz CT molecular complexity index is 431. The second-order valence-corrected chi connectivity index (χ2v) is 3.42. The Hall–Kier alpha value is -1.90. The maximum Gasteiger partial charge on any atom is 0.269 e. The summed E-state index contributed by atoms with van der Waals surface area (Å²) >= 11 is 0. The van der Waals surface area contributed by atoms with Gasteiger partial charge in [0.15, 0.2) is 0 Å². The Kier molecular flexibility index (Phi) is 5.14. The summed E-state index contributed by atoms with van der Waals surface area (Å²) in [5, 5.41) is 23.2. The van der Waals surface area contributed by atoms with Gasteiger partial charge < -0.3 is 10.4 Å². The fourth-order valence-corrected chi connectivity index (χ4v) is 1.30. The Morgan fingerprint density at radius 1 is 1.47 bits per heavy atom. The Labute approximate surface area is 99.6 Å². The number of benzene rings is 1. The number of nitro benzene ring substituents is 1. The molecule has 2 N–H and O–H groups in total. The number of aliphatic hydroxyl groups excluding tert-OH is 1. The molecule has 0 aromatic heterocycles. The van der Waals surface area contributed by atoms with Crippen LogP contribution in [0.1, 0.15) is 18.6 Å². The molecule has 0 saturated carbocycles. The normalized spacial score (nSPS) is 11.4. The molecule has 0 amide bonds. The molecule has 0 heterocycles. The van der Waals surface area contributed by atoms with Crippen LogP contribution in [-0.4, -0.2) is 23.1 Å². The van der Waals surface area contributed by atoms with E-state index in [2.05, 4.69) is 17.2 Å². The number of non-ortho nitro benzene ring substituents is 1. The van der Waals surface area contributed by atoms with E-state index < -0.39 is 11.0 Å². The van der Waals surface area contributed by atoms with Crippen LogP contribution in [0.25, 0.3) is 0 Å². The highest BCUT2D eigenvalue weighted by atomic mass is 16.6. The van der Waals surface area contributed by atoms with E-state index in [0.717, 1.165) is 0 Å². The standard InChI is InChI=1S/C12H14N2O3/c1-2-3-8-13-9-12(15)10-4-6-11(7-5-10)14(16)17/h4-7,12-13,15H,8-9H2,1H3. The van der Waals surface area contributed by atoms with Crippen molar-refractivity contribution in [3.63, 3.8) is 0 Å². The van der Waals surface area contributed by atoms with Crippen LogP contribution in [-0.2, 0) is 0 Å². The predicted octanol–water partition coefficient (Wildman–Crippen LogP) is 1.24. The van der Waals surface area contributed by atoms with Gasteiger partial charge in [-0.2, -0.15) is 0 Å². The molecule has 0 bridgehead atoms. The van der Waals surface area contributed by atoms with Crippen LogP contribution in [0.4, 0.5) is 5.69 Å². The zero-order chi connectivity index (χ0) is 12.7. The topological polar surface area (TPSA) is 75.4 Å². The van der Waals surface area contributed by atoms with Gasteiger partial charge in [0.25, 0.3) is 5.69 Å². The molecule has 90 valence electrons. The van der Waals surface area contributed by atoms with Crippen LogP contribution in [0.15, 0.2) is 24.3 Å². The van der Waals surface area contributed by atoms with Crippen molar-refractivity contribution in [3.05, 3.63) is 39.9 Å². The van der Waals surface area contributed by atoms with Crippen molar-refractivity contribution in [2.24, 2.45) is 0 Å². The van der Waals surface area contributed by atoms with Gasteiger partial charge in [0, 0.05) is 18.7 Å². The molecule has 1 atom stereocenters. The van der Waals surface area contributed by atoms with E-state index in [9.17, 15) is 15.2 Å². The van der Waals surface area contributed by atoms with Gasteiger partial charge in [0.2, 0.25) is 0 Å². The number of nitrogens with zero attached hydrogens (tertiary/aromatic N) is 1. The highest BCUT2D eigenvalue weighted by Gasteiger charge is 2.09. The molecule has 0 aliphatic heterocycles. The first-order chi connectivity index (χ1) is 8.15. The van der Waals surface area contributed by atoms with E-state index in [4.69, 9.17) is 0 Å². The summed E-state index contributed by atoms with van der Waals surface area (Å²) in [4.78, 5) is 9.97. The summed E-state index contributed by atoms with van der Waals surface area (Å²) < 4.78 is 0. The maximum atomic E-state index is 10.4. The SMILES string of the molecule is CC#CCNCC(O)c1ccc([N+](=O)[O-])cc1. The van der Waals surface area contributed by atoms with Gasteiger partial charge in [-0.15, -0.1) is 5.92 Å². The molecular weight excluding hydrogens is 220 g/mol. The minimum atomic E-state index is -0.686. The third-order valence-electron chi connectivity index (χ3n) is 2.22. The summed E-state index contributed by atoms with van der Waals surface area (Å²) in [6.45, 7) is 2.63. The fraction of sp³-hybridized carbons (Fsp3) is 0.333. The molecule has 0 saturated heterocycles. The molecule has 0 radical (unpaired) electrons. The third-order valence-corrected chi connectivity index (χ3v) is 2.22. The van der Waals surface area contributed by atoms with Crippen LogP contribution in [0.3, 0.4) is 0 Å². The molecule has 1 unspecified atom stereocenters. The van der Waals surface area contributed by atoms with Gasteiger partial charge in [-0.05, 0) is 24.6 Å². The fourth-order valence-electron chi connectivity index (χ4n) is 1.30. The number of nitro groups is 1. The lowest BCUT2D eigenvalue weighted by Crippen LogP contribution is -2.21. The summed E-state index contributed by atoms with van der Waals surface area (Å²) in [5.41, 5.74) is 0.665. The van der Waals surface area contributed by atoms with Crippen molar-refractivity contribution in [2.45, 2.75) is 13.0 Å². The lowest BCUT2D eigenvalue weighted by atomic mass is 10.1. The molecule has 1 rings (SSSR count). The number of aliphatic hydroxyl groups is 1. The molecular formula is C12H14N2O3. The number of rotatable bonds is 5. The lowest BCUT2D eigenvalue weighted by molar-refractivity contribution is -0.384. The Morgan fingerprint density at radius 3 is 2.65 bits per heavy atom. The van der Waals surface area contributed by atoms with Crippen LogP contribution >= 0.6 is 0 Å². The van der Waals surface area contributed by atoms with Crippen molar-refractivity contribution in [3.8, 4) is 11.8 Å². The quantitative estimate of drug-likeness (QED) is 0.348. The zero-order valence-corrected chi connectivity index (χ0v) is 9.51.